The van der Waals surface area contributed by atoms with Crippen LogP contribution in [-0.2, 0) is 9.59 Å². The van der Waals surface area contributed by atoms with E-state index in [2.05, 4.69) is 69.8 Å². The summed E-state index contributed by atoms with van der Waals surface area (Å²) < 4.78 is 0. The van der Waals surface area contributed by atoms with E-state index in [1.54, 1.807) is 12.3 Å². The van der Waals surface area contributed by atoms with Crippen molar-refractivity contribution < 1.29 is 14.4 Å². The molecule has 2 aromatic carbocycles. The molecule has 13 nitrogen and oxygen atoms in total. The topological polar surface area (TPSA) is 139 Å². The van der Waals surface area contributed by atoms with Gasteiger partial charge in [-0.1, -0.05) is 47.2 Å². The second kappa shape index (κ2) is 15.6. The van der Waals surface area contributed by atoms with Crippen molar-refractivity contribution >= 4 is 68.8 Å². The number of likely N-dealkylation sites (tertiary alicyclic amines) is 1. The predicted octanol–water partition coefficient (Wildman–Crippen LogP) is 5.19. The summed E-state index contributed by atoms with van der Waals surface area (Å²) in [5.41, 5.74) is 3.70. The number of aromatic nitrogens is 3. The van der Waals surface area contributed by atoms with Crippen molar-refractivity contribution in [2.45, 2.75) is 57.5 Å². The lowest BCUT2D eigenvalue weighted by atomic mass is 9.90. The van der Waals surface area contributed by atoms with Crippen molar-refractivity contribution in [3.05, 3.63) is 81.6 Å². The fourth-order valence-electron chi connectivity index (χ4n) is 8.24. The predicted molar refractivity (Wildman–Crippen MR) is 212 cm³/mol. The molecule has 0 radical (unpaired) electrons. The Hall–Kier alpha value is -4.63. The Kier molecular flexibility index (Phi) is 10.5. The second-order valence-corrected chi connectivity index (χ2v) is 16.1. The van der Waals surface area contributed by atoms with Gasteiger partial charge in [-0.2, -0.15) is 0 Å². The highest BCUT2D eigenvalue weighted by Crippen LogP contribution is 2.36. The number of hydrogen-bond acceptors (Lipinski definition) is 12. The average molecular weight is 769 g/mol. The van der Waals surface area contributed by atoms with Crippen LogP contribution in [-0.4, -0.2) is 107 Å². The number of piperidine rings is 1. The molecule has 282 valence electrons. The lowest BCUT2D eigenvalue weighted by molar-refractivity contribution is -0.134. The highest BCUT2D eigenvalue weighted by molar-refractivity contribution is 7.17. The monoisotopic (exact) mass is 768 g/mol. The quantitative estimate of drug-likeness (QED) is 0.174. The minimum Gasteiger partial charge on any atom is -0.366 e. The van der Waals surface area contributed by atoms with E-state index in [-0.39, 0.29) is 23.6 Å². The number of fused-ring (bicyclic) bond motifs is 2. The number of para-hydroxylation sites is 1. The Morgan fingerprint density at radius 1 is 1.00 bits per heavy atom. The third-order valence-electron chi connectivity index (χ3n) is 11.1. The molecule has 3 unspecified atom stereocenters. The van der Waals surface area contributed by atoms with Gasteiger partial charge in [0.15, 0.2) is 5.13 Å². The first-order chi connectivity index (χ1) is 26.2. The van der Waals surface area contributed by atoms with Crippen molar-refractivity contribution in [1.29, 1.82) is 0 Å². The van der Waals surface area contributed by atoms with Gasteiger partial charge in [-0.15, -0.1) is 0 Å². The summed E-state index contributed by atoms with van der Waals surface area (Å²) >= 11 is 7.56. The van der Waals surface area contributed by atoms with Crippen molar-refractivity contribution in [2.75, 3.05) is 72.8 Å². The molecule has 4 fully saturated rings. The fourth-order valence-corrected chi connectivity index (χ4v) is 9.22. The molecule has 4 saturated heterocycles. The van der Waals surface area contributed by atoms with Gasteiger partial charge in [-0.05, 0) is 75.5 Å². The van der Waals surface area contributed by atoms with Gasteiger partial charge in [-0.3, -0.25) is 29.5 Å². The largest absolute Gasteiger partial charge is 0.366 e. The van der Waals surface area contributed by atoms with Crippen LogP contribution in [0.25, 0.3) is 0 Å². The highest BCUT2D eigenvalue weighted by Gasteiger charge is 2.43. The van der Waals surface area contributed by atoms with Crippen LogP contribution in [0.3, 0.4) is 0 Å². The molecule has 6 heterocycles. The van der Waals surface area contributed by atoms with E-state index >= 15 is 0 Å². The average Bonchev–Trinajstić information content (AvgIpc) is 3.91. The van der Waals surface area contributed by atoms with Crippen LogP contribution in [0.4, 0.5) is 28.1 Å². The van der Waals surface area contributed by atoms with Crippen LogP contribution in [0, 0.1) is 13.8 Å². The first-order valence-corrected chi connectivity index (χ1v) is 19.9. The Morgan fingerprint density at radius 2 is 1.81 bits per heavy atom. The number of aryl methyl sites for hydroxylation is 2. The molecule has 3 atom stereocenters. The van der Waals surface area contributed by atoms with Gasteiger partial charge in [0.05, 0.1) is 22.8 Å². The van der Waals surface area contributed by atoms with E-state index < -0.39 is 0 Å². The fraction of sp³-hybridized carbons (Fsp3) is 0.436. The maximum atomic E-state index is 12.9. The van der Waals surface area contributed by atoms with E-state index in [9.17, 15) is 14.4 Å². The Morgan fingerprint density at radius 3 is 2.56 bits per heavy atom. The normalized spacial score (nSPS) is 21.8. The molecule has 4 aliphatic rings. The molecular weight excluding hydrogens is 724 g/mol. The lowest BCUT2D eigenvalue weighted by Gasteiger charge is -2.37. The van der Waals surface area contributed by atoms with Crippen LogP contribution in [0.15, 0.2) is 54.7 Å². The molecule has 15 heteroatoms. The van der Waals surface area contributed by atoms with Crippen LogP contribution in [0.1, 0.15) is 58.2 Å². The number of nitrogens with zero attached hydrogens (tertiary/aromatic N) is 7. The summed E-state index contributed by atoms with van der Waals surface area (Å²) in [6.07, 6.45) is 4.88. The number of carbonyl (C=O) groups is 3. The second-order valence-electron chi connectivity index (χ2n) is 14.7. The number of halogens is 1. The molecule has 2 aromatic heterocycles. The van der Waals surface area contributed by atoms with Crippen LogP contribution in [0.5, 0.6) is 0 Å². The standard InChI is InChI=1S/C39H45ClN10O3S/c1-24-5-3-6-31(40)36(24)46-38(53)32-21-41-39(54-32)44-33-20-34(43-25(2)42-33)48-17-15-47(16-18-48)13-4-14-49-22-29-19-28(49)23-50(29)27-9-7-26(8-10-27)30-11-12-35(51)45-37(30)52/h3,5-10,20-21,28-30H,4,11-19,22-23H2,1-2H3,(H,46,53)(H,45,51,52)(H,41,42,43,44). The molecule has 4 aromatic rings. The smallest absolute Gasteiger partial charge is 0.267 e. The molecule has 54 heavy (non-hydrogen) atoms. The molecule has 4 aliphatic heterocycles. The van der Waals surface area contributed by atoms with Gasteiger partial charge in [-0.25, -0.2) is 15.0 Å². The third kappa shape index (κ3) is 7.92. The Bertz CT molecular complexity index is 2010. The van der Waals surface area contributed by atoms with Gasteiger partial charge < -0.3 is 20.4 Å². The molecule has 0 saturated carbocycles. The van der Waals surface area contributed by atoms with Gasteiger partial charge in [0.2, 0.25) is 11.8 Å². The van der Waals surface area contributed by atoms with Crippen LogP contribution in [0.2, 0.25) is 5.02 Å². The van der Waals surface area contributed by atoms with Gasteiger partial charge in [0.1, 0.15) is 22.3 Å². The van der Waals surface area contributed by atoms with Crippen molar-refractivity contribution in [3.63, 3.8) is 0 Å². The summed E-state index contributed by atoms with van der Waals surface area (Å²) in [5.74, 6) is 1.34. The minimum absolute atomic E-state index is 0.176. The van der Waals surface area contributed by atoms with E-state index in [0.717, 1.165) is 75.7 Å². The lowest BCUT2D eigenvalue weighted by Crippen LogP contribution is -2.49. The van der Waals surface area contributed by atoms with Crippen molar-refractivity contribution in [2.24, 2.45) is 0 Å². The summed E-state index contributed by atoms with van der Waals surface area (Å²) in [6, 6.07) is 17.0. The number of carbonyl (C=O) groups excluding carboxylic acids is 3. The molecule has 0 aliphatic carbocycles. The summed E-state index contributed by atoms with van der Waals surface area (Å²) in [6.45, 7) is 11.9. The van der Waals surface area contributed by atoms with Crippen LogP contribution < -0.4 is 25.8 Å². The molecule has 3 N–H and O–H groups in total. The third-order valence-corrected chi connectivity index (χ3v) is 12.3. The van der Waals surface area contributed by atoms with Crippen LogP contribution >= 0.6 is 22.9 Å². The molecular formula is C39H45ClN10O3S. The van der Waals surface area contributed by atoms with E-state index in [0.29, 0.717) is 57.3 Å². The number of benzene rings is 2. The van der Waals surface area contributed by atoms with Gasteiger partial charge in [0, 0.05) is 69.5 Å². The number of thiazole rings is 1. The molecule has 3 amide bonds. The number of nitrogens with one attached hydrogen (secondary N) is 3. The molecule has 8 rings (SSSR count). The summed E-state index contributed by atoms with van der Waals surface area (Å²) in [5, 5.41) is 9.72. The number of anilines is 5. The zero-order chi connectivity index (χ0) is 37.3. The van der Waals surface area contributed by atoms with Gasteiger partial charge >= 0.3 is 0 Å². The van der Waals surface area contributed by atoms with E-state index in [4.69, 9.17) is 16.6 Å². The number of rotatable bonds is 11. The first kappa shape index (κ1) is 36.4. The Labute approximate surface area is 324 Å². The number of piperazine rings is 2. The van der Waals surface area contributed by atoms with E-state index in [1.165, 1.54) is 23.4 Å². The highest BCUT2D eigenvalue weighted by atomic mass is 35.5. The van der Waals surface area contributed by atoms with E-state index in [1.807, 2.05) is 32.0 Å². The summed E-state index contributed by atoms with van der Waals surface area (Å²) in [7, 11) is 0. The first-order valence-electron chi connectivity index (χ1n) is 18.7. The molecule has 2 bridgehead atoms. The Balaban J connectivity index is 0.776. The maximum Gasteiger partial charge on any atom is 0.267 e. The van der Waals surface area contributed by atoms with Crippen molar-refractivity contribution in [1.82, 2.24) is 30.1 Å². The maximum absolute atomic E-state index is 12.9. The zero-order valence-corrected chi connectivity index (χ0v) is 32.1. The van der Waals surface area contributed by atoms with Gasteiger partial charge in [0.25, 0.3) is 5.91 Å². The number of hydrogen-bond donors (Lipinski definition) is 3. The summed E-state index contributed by atoms with van der Waals surface area (Å²) in [4.78, 5) is 61.1. The number of amides is 3. The van der Waals surface area contributed by atoms with Crippen molar-refractivity contribution in [3.8, 4) is 0 Å². The zero-order valence-electron chi connectivity index (χ0n) is 30.6. The SMILES string of the molecule is Cc1nc(Nc2ncc(C(=O)Nc3c(C)cccc3Cl)s2)cc(N2CCN(CCCN3CC4CC3CN4c3ccc(C4CCC(=O)NC4=O)cc3)CC2)n1. The minimum atomic E-state index is -0.263. The molecule has 0 spiro atoms. The number of imide groups is 1.